The lowest BCUT2D eigenvalue weighted by atomic mass is 9.82. The normalized spacial score (nSPS) is 22.6. The van der Waals surface area contributed by atoms with Crippen LogP contribution in [0.3, 0.4) is 0 Å². The van der Waals surface area contributed by atoms with E-state index in [0.29, 0.717) is 10.8 Å². The maximum atomic E-state index is 12.0. The van der Waals surface area contributed by atoms with Crippen LogP contribution in [0.5, 0.6) is 0 Å². The molecule has 0 radical (unpaired) electrons. The number of aliphatic hydroxyl groups is 1. The van der Waals surface area contributed by atoms with Gasteiger partial charge in [-0.15, -0.1) is 0 Å². The van der Waals surface area contributed by atoms with E-state index in [1.807, 2.05) is 19.2 Å². The van der Waals surface area contributed by atoms with Gasteiger partial charge in [0.05, 0.1) is 11.0 Å². The van der Waals surface area contributed by atoms with Crippen LogP contribution in [0.15, 0.2) is 29.2 Å². The lowest BCUT2D eigenvalue weighted by molar-refractivity contribution is 0.0465. The van der Waals surface area contributed by atoms with Gasteiger partial charge in [0.1, 0.15) is 0 Å². The molecule has 2 rings (SSSR count). The summed E-state index contributed by atoms with van der Waals surface area (Å²) in [6, 6.07) is 6.92. The number of sulfonamides is 1. The molecule has 1 aromatic rings. The number of anilines is 1. The number of benzene rings is 1. The highest BCUT2D eigenvalue weighted by Gasteiger charge is 2.28. The molecule has 6 heteroatoms. The second-order valence-electron chi connectivity index (χ2n) is 5.65. The van der Waals surface area contributed by atoms with Crippen LogP contribution in [0.2, 0.25) is 0 Å². The van der Waals surface area contributed by atoms with Crippen LogP contribution in [0.4, 0.5) is 5.69 Å². The first-order valence-corrected chi connectivity index (χ1v) is 8.16. The monoisotopic (exact) mass is 298 g/mol. The maximum Gasteiger partial charge on any atom is 0.242 e. The summed E-state index contributed by atoms with van der Waals surface area (Å²) in [6.07, 6.45) is 1.58. The smallest absolute Gasteiger partial charge is 0.242 e. The summed E-state index contributed by atoms with van der Waals surface area (Å²) in [6.45, 7) is 0.886. The van der Waals surface area contributed by atoms with Gasteiger partial charge >= 0.3 is 0 Å². The third-order valence-corrected chi connectivity index (χ3v) is 5.63. The van der Waals surface area contributed by atoms with Crippen molar-refractivity contribution in [2.24, 2.45) is 5.92 Å². The van der Waals surface area contributed by atoms with Crippen molar-refractivity contribution in [2.45, 2.75) is 23.8 Å². The highest BCUT2D eigenvalue weighted by atomic mass is 32.2. The number of rotatable bonds is 5. The number of hydrogen-bond donors (Lipinski definition) is 1. The second-order valence-corrected chi connectivity index (χ2v) is 7.80. The standard InChI is InChI=1S/C14H22N2O3S/c1-15(2)20(18,19)14-6-4-12(5-7-14)16(3)10-11-8-13(17)9-11/h4-7,11,13,17H,8-10H2,1-3H3. The molecule has 0 aliphatic heterocycles. The Morgan fingerprint density at radius 3 is 2.15 bits per heavy atom. The molecule has 1 aliphatic rings. The van der Waals surface area contributed by atoms with E-state index in [-0.39, 0.29) is 6.10 Å². The van der Waals surface area contributed by atoms with Crippen LogP contribution in [0, 0.1) is 5.92 Å². The topological polar surface area (TPSA) is 60.9 Å². The summed E-state index contributed by atoms with van der Waals surface area (Å²) in [5.74, 6) is 0.528. The van der Waals surface area contributed by atoms with Gasteiger partial charge in [-0.1, -0.05) is 0 Å². The Morgan fingerprint density at radius 1 is 1.15 bits per heavy atom. The summed E-state index contributed by atoms with van der Waals surface area (Å²) in [5.41, 5.74) is 0.990. The van der Waals surface area contributed by atoms with Crippen LogP contribution in [0.1, 0.15) is 12.8 Å². The third-order valence-electron chi connectivity index (χ3n) is 3.80. The van der Waals surface area contributed by atoms with E-state index in [2.05, 4.69) is 4.90 Å². The first-order valence-electron chi connectivity index (χ1n) is 6.72. The Morgan fingerprint density at radius 2 is 1.70 bits per heavy atom. The molecule has 5 nitrogen and oxygen atoms in total. The quantitative estimate of drug-likeness (QED) is 0.885. The highest BCUT2D eigenvalue weighted by molar-refractivity contribution is 7.89. The molecule has 1 N–H and O–H groups in total. The molecule has 1 aliphatic carbocycles. The number of hydrogen-bond acceptors (Lipinski definition) is 4. The first kappa shape index (κ1) is 15.3. The zero-order chi connectivity index (χ0) is 14.9. The van der Waals surface area contributed by atoms with Crippen molar-refractivity contribution >= 4 is 15.7 Å². The molecule has 1 saturated carbocycles. The van der Waals surface area contributed by atoms with Crippen molar-refractivity contribution in [3.05, 3.63) is 24.3 Å². The minimum Gasteiger partial charge on any atom is -0.393 e. The van der Waals surface area contributed by atoms with Gasteiger partial charge in [-0.05, 0) is 43.0 Å². The van der Waals surface area contributed by atoms with E-state index in [0.717, 1.165) is 25.1 Å². The Bertz CT molecular complexity index is 548. The van der Waals surface area contributed by atoms with Gasteiger partial charge < -0.3 is 10.0 Å². The van der Waals surface area contributed by atoms with Crippen molar-refractivity contribution < 1.29 is 13.5 Å². The SMILES string of the molecule is CN(CC1CC(O)C1)c1ccc(S(=O)(=O)N(C)C)cc1. The Hall–Kier alpha value is -1.11. The van der Waals surface area contributed by atoms with E-state index in [1.165, 1.54) is 18.4 Å². The zero-order valence-electron chi connectivity index (χ0n) is 12.2. The number of nitrogens with zero attached hydrogens (tertiary/aromatic N) is 2. The molecule has 0 aromatic heterocycles. The fraction of sp³-hybridized carbons (Fsp3) is 0.571. The lowest BCUT2D eigenvalue weighted by Gasteiger charge is -2.35. The van der Waals surface area contributed by atoms with Crippen molar-refractivity contribution in [1.29, 1.82) is 0 Å². The molecule has 0 saturated heterocycles. The molecule has 0 unspecified atom stereocenters. The van der Waals surface area contributed by atoms with E-state index in [9.17, 15) is 13.5 Å². The summed E-state index contributed by atoms with van der Waals surface area (Å²) in [5, 5.41) is 9.29. The van der Waals surface area contributed by atoms with Crippen molar-refractivity contribution in [3.63, 3.8) is 0 Å². The van der Waals surface area contributed by atoms with Crippen LogP contribution < -0.4 is 4.90 Å². The summed E-state index contributed by atoms with van der Waals surface area (Å²) >= 11 is 0. The predicted molar refractivity (Wildman–Crippen MR) is 79.3 cm³/mol. The summed E-state index contributed by atoms with van der Waals surface area (Å²) in [4.78, 5) is 2.40. The molecule has 112 valence electrons. The minimum absolute atomic E-state index is 0.138. The van der Waals surface area contributed by atoms with Gasteiger partial charge in [0.15, 0.2) is 0 Å². The van der Waals surface area contributed by atoms with Gasteiger partial charge in [-0.25, -0.2) is 12.7 Å². The molecular formula is C14H22N2O3S. The second kappa shape index (κ2) is 5.71. The zero-order valence-corrected chi connectivity index (χ0v) is 13.0. The van der Waals surface area contributed by atoms with Gasteiger partial charge in [0.25, 0.3) is 0 Å². The van der Waals surface area contributed by atoms with Crippen LogP contribution in [0.25, 0.3) is 0 Å². The van der Waals surface area contributed by atoms with Gasteiger partial charge in [0.2, 0.25) is 10.0 Å². The Kier molecular flexibility index (Phi) is 4.36. The number of aliphatic hydroxyl groups excluding tert-OH is 1. The average molecular weight is 298 g/mol. The minimum atomic E-state index is -3.36. The molecule has 0 heterocycles. The molecule has 0 atom stereocenters. The molecule has 0 spiro atoms. The molecule has 1 fully saturated rings. The molecule has 0 amide bonds. The van der Waals surface area contributed by atoms with Crippen molar-refractivity contribution in [1.82, 2.24) is 4.31 Å². The van der Waals surface area contributed by atoms with Crippen LogP contribution in [-0.4, -0.2) is 51.6 Å². The first-order chi connectivity index (χ1) is 9.30. The molecule has 20 heavy (non-hydrogen) atoms. The molecule has 0 bridgehead atoms. The van der Waals surface area contributed by atoms with Crippen LogP contribution >= 0.6 is 0 Å². The molecule has 1 aromatic carbocycles. The lowest BCUT2D eigenvalue weighted by Crippen LogP contribution is -2.37. The average Bonchev–Trinajstić information content (AvgIpc) is 2.36. The van der Waals surface area contributed by atoms with Gasteiger partial charge in [-0.2, -0.15) is 0 Å². The fourth-order valence-corrected chi connectivity index (χ4v) is 3.33. The molecular weight excluding hydrogens is 276 g/mol. The predicted octanol–water partition coefficient (Wildman–Crippen LogP) is 1.14. The van der Waals surface area contributed by atoms with Gasteiger partial charge in [-0.3, -0.25) is 0 Å². The third kappa shape index (κ3) is 3.13. The van der Waals surface area contributed by atoms with E-state index < -0.39 is 10.0 Å². The van der Waals surface area contributed by atoms with E-state index in [1.54, 1.807) is 12.1 Å². The van der Waals surface area contributed by atoms with E-state index >= 15 is 0 Å². The van der Waals surface area contributed by atoms with Crippen LogP contribution in [-0.2, 0) is 10.0 Å². The van der Waals surface area contributed by atoms with Gasteiger partial charge in [0, 0.05) is 33.4 Å². The summed E-state index contributed by atoms with van der Waals surface area (Å²) in [7, 11) is 1.67. The summed E-state index contributed by atoms with van der Waals surface area (Å²) < 4.78 is 25.1. The fourth-order valence-electron chi connectivity index (χ4n) is 2.43. The largest absolute Gasteiger partial charge is 0.393 e. The maximum absolute atomic E-state index is 12.0. The van der Waals surface area contributed by atoms with Crippen molar-refractivity contribution in [3.8, 4) is 0 Å². The van der Waals surface area contributed by atoms with E-state index in [4.69, 9.17) is 0 Å². The van der Waals surface area contributed by atoms with Crippen molar-refractivity contribution in [2.75, 3.05) is 32.6 Å². The Balaban J connectivity index is 2.04. The highest BCUT2D eigenvalue weighted by Crippen LogP contribution is 2.29. The Labute approximate surface area is 120 Å².